The molecule has 2 aromatic rings. The van der Waals surface area contributed by atoms with Crippen molar-refractivity contribution >= 4 is 18.0 Å². The van der Waals surface area contributed by atoms with Gasteiger partial charge in [0, 0.05) is 0 Å². The van der Waals surface area contributed by atoms with Crippen LogP contribution in [0.2, 0.25) is 0 Å². The molecule has 0 bridgehead atoms. The van der Waals surface area contributed by atoms with Gasteiger partial charge in [-0.3, -0.25) is 4.79 Å². The second-order valence-corrected chi connectivity index (χ2v) is 7.15. The number of rotatable bonds is 6. The molecule has 0 saturated carbocycles. The van der Waals surface area contributed by atoms with Crippen LogP contribution >= 0.6 is 0 Å². The van der Waals surface area contributed by atoms with Crippen LogP contribution in [0.15, 0.2) is 36.4 Å². The number of aromatic nitrogens is 2. The first-order chi connectivity index (χ1) is 13.1. The Morgan fingerprint density at radius 2 is 1.86 bits per heavy atom. The second kappa shape index (κ2) is 8.55. The van der Waals surface area contributed by atoms with E-state index in [1.165, 1.54) is 10.7 Å². The lowest BCUT2D eigenvalue weighted by atomic mass is 10.2. The standard InChI is InChI=1S/C19H24N4O5/c1-12(21-16(24)11-20-18(27)28-19(2,3)4)14-10-15(17(25)26)23(22-14)13-8-6-5-7-9-13/h5-10,12H,11H2,1-4H3,(H,20,27)(H,21,24)(H,25,26)/t12-/m0/s1. The summed E-state index contributed by atoms with van der Waals surface area (Å²) in [6, 6.07) is 9.67. The van der Waals surface area contributed by atoms with Crippen molar-refractivity contribution in [2.45, 2.75) is 39.3 Å². The highest BCUT2D eigenvalue weighted by atomic mass is 16.6. The zero-order valence-electron chi connectivity index (χ0n) is 16.2. The van der Waals surface area contributed by atoms with Crippen LogP contribution in [0.5, 0.6) is 0 Å². The minimum Gasteiger partial charge on any atom is -0.477 e. The SMILES string of the molecule is C[C@H](NC(=O)CNC(=O)OC(C)(C)C)c1cc(C(=O)O)n(-c2ccccc2)n1. The third kappa shape index (κ3) is 5.83. The summed E-state index contributed by atoms with van der Waals surface area (Å²) in [6.07, 6.45) is -0.697. The number of alkyl carbamates (subject to hydrolysis) is 1. The lowest BCUT2D eigenvalue weighted by molar-refractivity contribution is -0.120. The first kappa shape index (κ1) is 20.9. The van der Waals surface area contributed by atoms with Crippen LogP contribution in [-0.4, -0.2) is 45.0 Å². The molecule has 0 aliphatic carbocycles. The number of benzene rings is 1. The Balaban J connectivity index is 2.04. The van der Waals surface area contributed by atoms with Crippen molar-refractivity contribution in [3.63, 3.8) is 0 Å². The van der Waals surface area contributed by atoms with Gasteiger partial charge in [0.25, 0.3) is 0 Å². The van der Waals surface area contributed by atoms with E-state index < -0.39 is 29.6 Å². The highest BCUT2D eigenvalue weighted by Gasteiger charge is 2.21. The number of para-hydroxylation sites is 1. The zero-order valence-corrected chi connectivity index (χ0v) is 16.2. The van der Waals surface area contributed by atoms with E-state index in [1.807, 2.05) is 6.07 Å². The van der Waals surface area contributed by atoms with Gasteiger partial charge in [0.2, 0.25) is 5.91 Å². The van der Waals surface area contributed by atoms with E-state index >= 15 is 0 Å². The van der Waals surface area contributed by atoms with Crippen LogP contribution in [-0.2, 0) is 9.53 Å². The van der Waals surface area contributed by atoms with Crippen molar-refractivity contribution < 1.29 is 24.2 Å². The average Bonchev–Trinajstić information content (AvgIpc) is 3.05. The third-order valence-corrected chi connectivity index (χ3v) is 3.56. The van der Waals surface area contributed by atoms with E-state index in [1.54, 1.807) is 52.0 Å². The summed E-state index contributed by atoms with van der Waals surface area (Å²) in [5.74, 6) is -1.59. The Morgan fingerprint density at radius 3 is 2.43 bits per heavy atom. The quantitative estimate of drug-likeness (QED) is 0.698. The van der Waals surface area contributed by atoms with Crippen LogP contribution in [0.1, 0.15) is 49.9 Å². The number of nitrogens with zero attached hydrogens (tertiary/aromatic N) is 2. The van der Waals surface area contributed by atoms with Crippen LogP contribution < -0.4 is 10.6 Å². The van der Waals surface area contributed by atoms with Gasteiger partial charge in [-0.2, -0.15) is 5.10 Å². The Bertz CT molecular complexity index is 855. The highest BCUT2D eigenvalue weighted by Crippen LogP contribution is 2.17. The maximum absolute atomic E-state index is 12.1. The summed E-state index contributed by atoms with van der Waals surface area (Å²) >= 11 is 0. The molecule has 0 fully saturated rings. The van der Waals surface area contributed by atoms with Crippen molar-refractivity contribution in [2.24, 2.45) is 0 Å². The highest BCUT2D eigenvalue weighted by molar-refractivity contribution is 5.87. The first-order valence-electron chi connectivity index (χ1n) is 8.71. The molecule has 1 heterocycles. The van der Waals surface area contributed by atoms with E-state index in [0.717, 1.165) is 0 Å². The fraction of sp³-hybridized carbons (Fsp3) is 0.368. The van der Waals surface area contributed by atoms with Gasteiger partial charge in [-0.15, -0.1) is 0 Å². The average molecular weight is 388 g/mol. The number of hydrogen-bond donors (Lipinski definition) is 3. The maximum Gasteiger partial charge on any atom is 0.408 e. The van der Waals surface area contributed by atoms with Crippen LogP contribution in [0.3, 0.4) is 0 Å². The molecule has 28 heavy (non-hydrogen) atoms. The second-order valence-electron chi connectivity index (χ2n) is 7.15. The molecule has 0 spiro atoms. The van der Waals surface area contributed by atoms with Gasteiger partial charge in [-0.1, -0.05) is 18.2 Å². The van der Waals surface area contributed by atoms with Crippen molar-refractivity contribution in [1.82, 2.24) is 20.4 Å². The minimum atomic E-state index is -1.13. The van der Waals surface area contributed by atoms with E-state index in [0.29, 0.717) is 11.4 Å². The molecule has 1 aromatic heterocycles. The molecular formula is C19H24N4O5. The lowest BCUT2D eigenvalue weighted by Crippen LogP contribution is -2.40. The summed E-state index contributed by atoms with van der Waals surface area (Å²) in [7, 11) is 0. The maximum atomic E-state index is 12.1. The van der Waals surface area contributed by atoms with Gasteiger partial charge in [-0.25, -0.2) is 14.3 Å². The summed E-state index contributed by atoms with van der Waals surface area (Å²) in [5.41, 5.74) is 0.294. The number of carboxylic acids is 1. The molecule has 0 aliphatic rings. The Morgan fingerprint density at radius 1 is 1.21 bits per heavy atom. The molecule has 9 nitrogen and oxygen atoms in total. The van der Waals surface area contributed by atoms with E-state index in [4.69, 9.17) is 4.74 Å². The molecule has 3 N–H and O–H groups in total. The molecule has 1 atom stereocenters. The molecule has 0 radical (unpaired) electrons. The third-order valence-electron chi connectivity index (χ3n) is 3.56. The Hall–Kier alpha value is -3.36. The normalized spacial score (nSPS) is 12.1. The minimum absolute atomic E-state index is 0.0193. The van der Waals surface area contributed by atoms with Crippen LogP contribution in [0.25, 0.3) is 5.69 Å². The van der Waals surface area contributed by atoms with Gasteiger partial charge in [0.1, 0.15) is 12.1 Å². The largest absolute Gasteiger partial charge is 0.477 e. The molecule has 2 amide bonds. The molecule has 2 rings (SSSR count). The number of carbonyl (C=O) groups excluding carboxylic acids is 2. The lowest BCUT2D eigenvalue weighted by Gasteiger charge is -2.19. The van der Waals surface area contributed by atoms with E-state index in [2.05, 4.69) is 15.7 Å². The molecule has 9 heteroatoms. The predicted octanol–water partition coefficient (Wildman–Crippen LogP) is 2.27. The Kier molecular flexibility index (Phi) is 6.40. The van der Waals surface area contributed by atoms with Gasteiger partial charge in [-0.05, 0) is 45.9 Å². The summed E-state index contributed by atoms with van der Waals surface area (Å²) in [4.78, 5) is 35.2. The van der Waals surface area contributed by atoms with Crippen molar-refractivity contribution in [2.75, 3.05) is 6.54 Å². The molecule has 0 unspecified atom stereocenters. The number of amides is 2. The number of aromatic carboxylic acids is 1. The topological polar surface area (TPSA) is 123 Å². The molecule has 0 aliphatic heterocycles. The van der Waals surface area contributed by atoms with Crippen molar-refractivity contribution in [3.05, 3.63) is 47.8 Å². The summed E-state index contributed by atoms with van der Waals surface area (Å²) < 4.78 is 6.37. The molecule has 0 saturated heterocycles. The van der Waals surface area contributed by atoms with Crippen molar-refractivity contribution in [1.29, 1.82) is 0 Å². The smallest absolute Gasteiger partial charge is 0.408 e. The van der Waals surface area contributed by atoms with Gasteiger partial charge in [0.05, 0.1) is 17.4 Å². The monoisotopic (exact) mass is 388 g/mol. The number of ether oxygens (including phenoxy) is 1. The summed E-state index contributed by atoms with van der Waals surface area (Å²) in [6.45, 7) is 6.56. The molecular weight excluding hydrogens is 364 g/mol. The van der Waals surface area contributed by atoms with Gasteiger partial charge < -0.3 is 20.5 Å². The summed E-state index contributed by atoms with van der Waals surface area (Å²) in [5, 5.41) is 18.8. The van der Waals surface area contributed by atoms with Gasteiger partial charge >= 0.3 is 12.1 Å². The molecule has 1 aromatic carbocycles. The van der Waals surface area contributed by atoms with Crippen LogP contribution in [0, 0.1) is 0 Å². The van der Waals surface area contributed by atoms with E-state index in [9.17, 15) is 19.5 Å². The number of carbonyl (C=O) groups is 3. The Labute approximate surface area is 162 Å². The van der Waals surface area contributed by atoms with Gasteiger partial charge in [0.15, 0.2) is 5.69 Å². The fourth-order valence-electron chi connectivity index (χ4n) is 2.36. The number of carboxylic acid groups (broad SMARTS) is 1. The zero-order chi connectivity index (χ0) is 20.9. The first-order valence-corrected chi connectivity index (χ1v) is 8.71. The van der Waals surface area contributed by atoms with Crippen LogP contribution in [0.4, 0.5) is 4.79 Å². The number of nitrogens with one attached hydrogen (secondary N) is 2. The number of hydrogen-bond acceptors (Lipinski definition) is 5. The van der Waals surface area contributed by atoms with E-state index in [-0.39, 0.29) is 12.2 Å². The molecule has 150 valence electrons. The predicted molar refractivity (Wildman–Crippen MR) is 101 cm³/mol. The van der Waals surface area contributed by atoms with Crippen molar-refractivity contribution in [3.8, 4) is 5.69 Å². The fourth-order valence-corrected chi connectivity index (χ4v) is 2.36.